The zero-order chi connectivity index (χ0) is 26.7. The van der Waals surface area contributed by atoms with Crippen molar-refractivity contribution >= 4 is 38.7 Å². The molecule has 37 heavy (non-hydrogen) atoms. The fraction of sp³-hybridized carbons (Fsp3) is 0.296. The number of hydrogen-bond acceptors (Lipinski definition) is 5. The average Bonchev–Trinajstić information content (AvgIpc) is 2.80. The first-order chi connectivity index (χ1) is 17.6. The molecule has 10 heteroatoms. The van der Waals surface area contributed by atoms with E-state index in [4.69, 9.17) is 4.74 Å². The predicted octanol–water partition coefficient (Wildman–Crippen LogP) is 5.19. The lowest BCUT2D eigenvalue weighted by Gasteiger charge is -2.34. The van der Waals surface area contributed by atoms with Crippen molar-refractivity contribution in [3.8, 4) is 17.2 Å². The Morgan fingerprint density at radius 1 is 1.08 bits per heavy atom. The second-order valence-electron chi connectivity index (χ2n) is 9.42. The smallest absolute Gasteiger partial charge is 0.244 e. The first-order valence-corrected chi connectivity index (χ1v) is 14.4. The summed E-state index contributed by atoms with van der Waals surface area (Å²) in [6, 6.07) is 17.5. The largest absolute Gasteiger partial charge is 0.507 e. The van der Waals surface area contributed by atoms with Crippen LogP contribution in [0.2, 0.25) is 6.82 Å². The van der Waals surface area contributed by atoms with E-state index in [1.54, 1.807) is 11.7 Å². The lowest BCUT2D eigenvalue weighted by atomic mass is 9.60. The van der Waals surface area contributed by atoms with Crippen LogP contribution >= 0.6 is 15.9 Å². The number of hydrogen-bond donors (Lipinski definition) is 1. The number of sulfonamides is 1. The molecule has 1 aliphatic heterocycles. The summed E-state index contributed by atoms with van der Waals surface area (Å²) in [4.78, 5) is 14.2. The van der Waals surface area contributed by atoms with E-state index < -0.39 is 22.6 Å². The van der Waals surface area contributed by atoms with Crippen LogP contribution in [0.3, 0.4) is 0 Å². The van der Waals surface area contributed by atoms with Gasteiger partial charge in [0.15, 0.2) is 0 Å². The molecule has 1 amide bonds. The van der Waals surface area contributed by atoms with Crippen molar-refractivity contribution in [1.29, 1.82) is 0 Å². The summed E-state index contributed by atoms with van der Waals surface area (Å²) in [5, 5.41) is 10.6. The Morgan fingerprint density at radius 3 is 2.32 bits per heavy atom. The van der Waals surface area contributed by atoms with Gasteiger partial charge in [0.25, 0.3) is 0 Å². The monoisotopic (exact) mass is 584 g/mol. The Labute approximate surface area is 227 Å². The quantitative estimate of drug-likeness (QED) is 0.350. The molecule has 0 saturated carbocycles. The maximum Gasteiger partial charge on any atom is 0.244 e. The molecule has 0 spiro atoms. The number of nitrogens with zero attached hydrogens (tertiary/aromatic N) is 2. The highest BCUT2D eigenvalue weighted by molar-refractivity contribution is 9.10. The second-order valence-corrected chi connectivity index (χ2v) is 12.2. The molecule has 4 rings (SSSR count). The molecular weight excluding hydrogens is 555 g/mol. The number of carbonyl (C=O) groups is 1. The van der Waals surface area contributed by atoms with Gasteiger partial charge in [0, 0.05) is 23.6 Å². The lowest BCUT2D eigenvalue weighted by molar-refractivity contribution is -0.134. The Morgan fingerprint density at radius 2 is 1.73 bits per heavy atom. The minimum Gasteiger partial charge on any atom is -0.507 e. The third kappa shape index (κ3) is 6.19. The van der Waals surface area contributed by atoms with Crippen LogP contribution < -0.4 is 4.74 Å². The van der Waals surface area contributed by atoms with Crippen molar-refractivity contribution in [1.82, 2.24) is 9.12 Å². The van der Waals surface area contributed by atoms with E-state index in [0.29, 0.717) is 25.2 Å². The molecular formula is C27H30BBrN2O5S. The Hall–Kier alpha value is -2.82. The second kappa shape index (κ2) is 11.3. The zero-order valence-corrected chi connectivity index (χ0v) is 23.5. The maximum absolute atomic E-state index is 14.0. The summed E-state index contributed by atoms with van der Waals surface area (Å²) in [7, 11) is -4.26. The van der Waals surface area contributed by atoms with E-state index in [2.05, 4.69) is 15.9 Å². The minimum absolute atomic E-state index is 0.247. The van der Waals surface area contributed by atoms with Gasteiger partial charge < -0.3 is 14.7 Å². The molecule has 0 aliphatic carbocycles. The molecule has 7 nitrogen and oxygen atoms in total. The number of amides is 1. The molecule has 1 heterocycles. The number of halogens is 1. The molecule has 3 aromatic rings. The van der Waals surface area contributed by atoms with Gasteiger partial charge in [0.1, 0.15) is 22.1 Å². The van der Waals surface area contributed by atoms with Gasteiger partial charge in [-0.25, -0.2) is 12.6 Å². The highest BCUT2D eigenvalue weighted by Gasteiger charge is 2.36. The van der Waals surface area contributed by atoms with Gasteiger partial charge in [-0.2, -0.15) is 0 Å². The van der Waals surface area contributed by atoms with E-state index in [9.17, 15) is 18.3 Å². The molecule has 3 aromatic carbocycles. The number of carbonyl (C=O) groups excluding carboxylic acids is 1. The fourth-order valence-corrected chi connectivity index (χ4v) is 6.77. The summed E-state index contributed by atoms with van der Waals surface area (Å²) in [6.45, 7) is 6.00. The van der Waals surface area contributed by atoms with E-state index in [1.165, 1.54) is 22.4 Å². The molecule has 1 N–H and O–H groups in total. The fourth-order valence-electron chi connectivity index (χ4n) is 4.40. The van der Waals surface area contributed by atoms with Crippen molar-refractivity contribution < 1.29 is 23.1 Å². The Kier molecular flexibility index (Phi) is 8.31. The van der Waals surface area contributed by atoms with Crippen LogP contribution in [-0.4, -0.2) is 55.0 Å². The summed E-state index contributed by atoms with van der Waals surface area (Å²) < 4.78 is 36.1. The maximum atomic E-state index is 14.0. The van der Waals surface area contributed by atoms with Gasteiger partial charge in [0.05, 0.1) is 6.54 Å². The molecule has 1 saturated heterocycles. The van der Waals surface area contributed by atoms with Crippen LogP contribution in [-0.2, 0) is 21.1 Å². The van der Waals surface area contributed by atoms with Crippen LogP contribution in [0.15, 0.2) is 70.0 Å². The van der Waals surface area contributed by atoms with Crippen LogP contribution in [0, 0.1) is 13.8 Å². The summed E-state index contributed by atoms with van der Waals surface area (Å²) in [5.41, 5.74) is 2.71. The first-order valence-electron chi connectivity index (χ1n) is 12.2. The van der Waals surface area contributed by atoms with E-state index in [0.717, 1.165) is 27.6 Å². The number of aromatic hydroxyl groups is 1. The Balaban J connectivity index is 1.68. The average molecular weight is 585 g/mol. The van der Waals surface area contributed by atoms with Gasteiger partial charge in [0.2, 0.25) is 22.8 Å². The van der Waals surface area contributed by atoms with Crippen LogP contribution in [0.5, 0.6) is 17.2 Å². The molecule has 0 radical (unpaired) electrons. The number of benzene rings is 3. The molecule has 0 unspecified atom stereocenters. The third-order valence-corrected chi connectivity index (χ3v) is 8.98. The van der Waals surface area contributed by atoms with Gasteiger partial charge >= 0.3 is 0 Å². The zero-order valence-electron chi connectivity index (χ0n) is 21.1. The highest BCUT2D eigenvalue weighted by atomic mass is 79.9. The summed E-state index contributed by atoms with van der Waals surface area (Å²) in [5.74, 6) is 0.238. The van der Waals surface area contributed by atoms with Crippen molar-refractivity contribution in [3.05, 3.63) is 81.8 Å². The third-order valence-electron chi connectivity index (χ3n) is 6.53. The number of likely N-dealkylation sites (tertiary alicyclic amines) is 1. The number of rotatable bonds is 9. The number of aryl methyl sites for hydroxylation is 2. The lowest BCUT2D eigenvalue weighted by Crippen LogP contribution is -2.52. The van der Waals surface area contributed by atoms with Gasteiger partial charge in [-0.05, 0) is 62.0 Å². The molecule has 1 fully saturated rings. The Bertz CT molecular complexity index is 1370. The standard InChI is InChI=1S/C27H30BBrN2O5S/c1-19-14-22(29)15-20(2)27(19)36-23-10-11-24(32)25(16-23)37(34,35)31(18-26(33)30-12-7-13-30)28(3)17-21-8-5-4-6-9-21/h4-6,8-11,14-16,32H,7,12-13,17-18H2,1-3H3. The highest BCUT2D eigenvalue weighted by Crippen LogP contribution is 2.36. The van der Waals surface area contributed by atoms with Crippen LogP contribution in [0.25, 0.3) is 0 Å². The minimum atomic E-state index is -4.26. The van der Waals surface area contributed by atoms with Crippen molar-refractivity contribution in [3.63, 3.8) is 0 Å². The van der Waals surface area contributed by atoms with Gasteiger partial charge in [-0.3, -0.25) is 4.79 Å². The van der Waals surface area contributed by atoms with Crippen molar-refractivity contribution in [2.75, 3.05) is 19.6 Å². The molecule has 0 bridgehead atoms. The molecule has 194 valence electrons. The van der Waals surface area contributed by atoms with Gasteiger partial charge in [-0.15, -0.1) is 0 Å². The van der Waals surface area contributed by atoms with Gasteiger partial charge in [-0.1, -0.05) is 58.6 Å². The van der Waals surface area contributed by atoms with Crippen LogP contribution in [0.1, 0.15) is 23.1 Å². The van der Waals surface area contributed by atoms with Crippen molar-refractivity contribution in [2.24, 2.45) is 0 Å². The number of phenols is 1. The first kappa shape index (κ1) is 27.2. The molecule has 0 atom stereocenters. The summed E-state index contributed by atoms with van der Waals surface area (Å²) in [6.07, 6.45) is 1.33. The molecule has 1 aliphatic rings. The normalized spacial score (nSPS) is 13.4. The predicted molar refractivity (Wildman–Crippen MR) is 149 cm³/mol. The van der Waals surface area contributed by atoms with Crippen LogP contribution in [0.4, 0.5) is 0 Å². The number of ether oxygens (including phenoxy) is 1. The van der Waals surface area contributed by atoms with E-state index >= 15 is 0 Å². The molecule has 0 aromatic heterocycles. The van der Waals surface area contributed by atoms with Crippen molar-refractivity contribution in [2.45, 2.75) is 38.3 Å². The number of phenolic OH excluding ortho intramolecular Hbond substituents is 1. The van der Waals surface area contributed by atoms with E-state index in [-0.39, 0.29) is 23.1 Å². The van der Waals surface area contributed by atoms with E-state index in [1.807, 2.05) is 56.3 Å². The summed E-state index contributed by atoms with van der Waals surface area (Å²) >= 11 is 3.47. The topological polar surface area (TPSA) is 87.2 Å². The SMILES string of the molecule is CB(Cc1ccccc1)N(CC(=O)N1CCC1)S(=O)(=O)c1cc(Oc2c(C)cc(Br)cc2C)ccc1O.